The lowest BCUT2D eigenvalue weighted by Crippen LogP contribution is -2.32. The van der Waals surface area contributed by atoms with Crippen molar-refractivity contribution in [2.75, 3.05) is 12.4 Å². The molecule has 1 N–H and O–H groups in total. The van der Waals surface area contributed by atoms with Crippen LogP contribution >= 0.6 is 11.6 Å². The summed E-state index contributed by atoms with van der Waals surface area (Å²) < 4.78 is 5.26. The van der Waals surface area contributed by atoms with Gasteiger partial charge in [0.2, 0.25) is 5.91 Å². The summed E-state index contributed by atoms with van der Waals surface area (Å²) in [5.41, 5.74) is 1.95. The zero-order valence-electron chi connectivity index (χ0n) is 14.8. The first kappa shape index (κ1) is 18.3. The van der Waals surface area contributed by atoms with Crippen LogP contribution in [0.25, 0.3) is 0 Å². The third-order valence-corrected chi connectivity index (χ3v) is 4.58. The molecule has 136 valence electrons. The fourth-order valence-electron chi connectivity index (χ4n) is 2.85. The second-order valence-corrected chi connectivity index (χ2v) is 6.80. The van der Waals surface area contributed by atoms with Gasteiger partial charge in [0.1, 0.15) is 5.75 Å². The predicted molar refractivity (Wildman–Crippen MR) is 102 cm³/mol. The van der Waals surface area contributed by atoms with Gasteiger partial charge in [-0.05, 0) is 48.7 Å². The van der Waals surface area contributed by atoms with Crippen molar-refractivity contribution >= 4 is 29.1 Å². The van der Waals surface area contributed by atoms with Gasteiger partial charge in [-0.15, -0.1) is 0 Å². The minimum atomic E-state index is -0.193. The monoisotopic (exact) mass is 372 g/mol. The van der Waals surface area contributed by atoms with Gasteiger partial charge in [-0.25, -0.2) is 0 Å². The average molecular weight is 373 g/mol. The maximum atomic E-state index is 13.1. The van der Waals surface area contributed by atoms with Gasteiger partial charge in [0.15, 0.2) is 0 Å². The molecule has 1 aliphatic carbocycles. The lowest BCUT2D eigenvalue weighted by atomic mass is 10.1. The smallest absolute Gasteiger partial charge is 0.255 e. The zero-order valence-corrected chi connectivity index (χ0v) is 15.5. The van der Waals surface area contributed by atoms with Crippen molar-refractivity contribution in [1.29, 1.82) is 0 Å². The second kappa shape index (κ2) is 7.79. The van der Waals surface area contributed by atoms with Crippen LogP contribution in [0.2, 0.25) is 5.02 Å². The molecule has 2 aromatic carbocycles. The van der Waals surface area contributed by atoms with Crippen LogP contribution in [0.4, 0.5) is 5.69 Å². The van der Waals surface area contributed by atoms with Gasteiger partial charge in [0.25, 0.3) is 5.91 Å². The number of carbonyl (C=O) groups is 2. The largest absolute Gasteiger partial charge is 0.497 e. The highest BCUT2D eigenvalue weighted by molar-refractivity contribution is 6.34. The van der Waals surface area contributed by atoms with Gasteiger partial charge < -0.3 is 15.0 Å². The van der Waals surface area contributed by atoms with Gasteiger partial charge in [-0.2, -0.15) is 0 Å². The van der Waals surface area contributed by atoms with E-state index < -0.39 is 0 Å². The number of nitrogens with zero attached hydrogens (tertiary/aromatic N) is 1. The predicted octanol–water partition coefficient (Wildman–Crippen LogP) is 4.11. The van der Waals surface area contributed by atoms with Crippen LogP contribution in [-0.2, 0) is 11.3 Å². The number of rotatable bonds is 6. The highest BCUT2D eigenvalue weighted by Crippen LogP contribution is 2.32. The molecule has 6 heteroatoms. The molecule has 1 aliphatic rings. The Morgan fingerprint density at radius 1 is 1.23 bits per heavy atom. The van der Waals surface area contributed by atoms with E-state index in [-0.39, 0.29) is 17.9 Å². The number of hydrogen-bond donors (Lipinski definition) is 1. The highest BCUT2D eigenvalue weighted by Gasteiger charge is 2.34. The molecule has 0 spiro atoms. The summed E-state index contributed by atoms with van der Waals surface area (Å²) >= 11 is 6.27. The van der Waals surface area contributed by atoms with E-state index in [4.69, 9.17) is 16.3 Å². The topological polar surface area (TPSA) is 58.6 Å². The van der Waals surface area contributed by atoms with Crippen LogP contribution in [0.5, 0.6) is 5.75 Å². The molecule has 0 bridgehead atoms. The molecule has 2 aromatic rings. The number of amides is 2. The Balaban J connectivity index is 1.86. The molecular weight excluding hydrogens is 352 g/mol. The SMILES string of the molecule is COc1cccc(CN(C(=O)c2cc(NC(C)=O)ccc2Cl)C2CC2)c1. The first-order valence-corrected chi connectivity index (χ1v) is 8.87. The Morgan fingerprint density at radius 3 is 2.65 bits per heavy atom. The Kier molecular flexibility index (Phi) is 5.47. The summed E-state index contributed by atoms with van der Waals surface area (Å²) in [5.74, 6) is 0.435. The summed E-state index contributed by atoms with van der Waals surface area (Å²) in [7, 11) is 1.62. The van der Waals surface area contributed by atoms with Crippen molar-refractivity contribution in [3.8, 4) is 5.75 Å². The quantitative estimate of drug-likeness (QED) is 0.830. The number of anilines is 1. The fourth-order valence-corrected chi connectivity index (χ4v) is 3.04. The molecule has 0 saturated heterocycles. The van der Waals surface area contributed by atoms with E-state index in [1.165, 1.54) is 6.92 Å². The number of ether oxygens (including phenoxy) is 1. The Morgan fingerprint density at radius 2 is 2.00 bits per heavy atom. The normalized spacial score (nSPS) is 13.2. The maximum absolute atomic E-state index is 13.1. The third-order valence-electron chi connectivity index (χ3n) is 4.25. The Bertz CT molecular complexity index is 834. The molecule has 0 aromatic heterocycles. The molecule has 1 saturated carbocycles. The van der Waals surface area contributed by atoms with E-state index in [0.29, 0.717) is 22.8 Å². The van der Waals surface area contributed by atoms with Crippen LogP contribution < -0.4 is 10.1 Å². The van der Waals surface area contributed by atoms with E-state index in [1.807, 2.05) is 29.2 Å². The van der Waals surface area contributed by atoms with Crippen molar-refractivity contribution in [2.24, 2.45) is 0 Å². The van der Waals surface area contributed by atoms with E-state index in [9.17, 15) is 9.59 Å². The number of carbonyl (C=O) groups excluding carboxylic acids is 2. The van der Waals surface area contributed by atoms with Crippen LogP contribution in [0.1, 0.15) is 35.7 Å². The third kappa shape index (κ3) is 4.35. The fraction of sp³-hybridized carbons (Fsp3) is 0.300. The molecule has 0 aliphatic heterocycles. The van der Waals surface area contributed by atoms with Gasteiger partial charge >= 0.3 is 0 Å². The summed E-state index contributed by atoms with van der Waals surface area (Å²) in [5, 5.41) is 3.07. The van der Waals surface area contributed by atoms with E-state index >= 15 is 0 Å². The zero-order chi connectivity index (χ0) is 18.7. The number of methoxy groups -OCH3 is 1. The van der Waals surface area contributed by atoms with Crippen molar-refractivity contribution < 1.29 is 14.3 Å². The van der Waals surface area contributed by atoms with Crippen LogP contribution in [0.3, 0.4) is 0 Å². The first-order chi connectivity index (χ1) is 12.5. The molecule has 1 fully saturated rings. The molecule has 0 heterocycles. The minimum absolute atomic E-state index is 0.132. The molecule has 0 radical (unpaired) electrons. The lowest BCUT2D eigenvalue weighted by Gasteiger charge is -2.23. The minimum Gasteiger partial charge on any atom is -0.497 e. The molecule has 0 unspecified atom stereocenters. The molecule has 5 nitrogen and oxygen atoms in total. The second-order valence-electron chi connectivity index (χ2n) is 6.39. The summed E-state index contributed by atoms with van der Waals surface area (Å²) in [6.07, 6.45) is 1.97. The van der Waals surface area contributed by atoms with Crippen LogP contribution in [0.15, 0.2) is 42.5 Å². The highest BCUT2D eigenvalue weighted by atomic mass is 35.5. The van der Waals surface area contributed by atoms with Crippen molar-refractivity contribution in [3.05, 3.63) is 58.6 Å². The summed E-state index contributed by atoms with van der Waals surface area (Å²) in [6.45, 7) is 1.91. The first-order valence-electron chi connectivity index (χ1n) is 8.49. The molecular formula is C20H21ClN2O3. The maximum Gasteiger partial charge on any atom is 0.255 e. The van der Waals surface area contributed by atoms with Crippen molar-refractivity contribution in [1.82, 2.24) is 4.90 Å². The number of benzene rings is 2. The molecule has 26 heavy (non-hydrogen) atoms. The summed E-state index contributed by atoms with van der Waals surface area (Å²) in [4.78, 5) is 26.3. The summed E-state index contributed by atoms with van der Waals surface area (Å²) in [6, 6.07) is 12.9. The standard InChI is InChI=1S/C20H21ClN2O3/c1-13(24)22-15-6-9-19(21)18(11-15)20(25)23(16-7-8-16)12-14-4-3-5-17(10-14)26-2/h3-6,9-11,16H,7-8,12H2,1-2H3,(H,22,24). The number of halogens is 1. The Labute approximate surface area is 157 Å². The van der Waals surface area contributed by atoms with Crippen LogP contribution in [0, 0.1) is 0 Å². The van der Waals surface area contributed by atoms with E-state index in [0.717, 1.165) is 24.2 Å². The number of nitrogens with one attached hydrogen (secondary N) is 1. The number of hydrogen-bond acceptors (Lipinski definition) is 3. The molecule has 3 rings (SSSR count). The molecule has 2 amide bonds. The lowest BCUT2D eigenvalue weighted by molar-refractivity contribution is -0.114. The van der Waals surface area contributed by atoms with E-state index in [2.05, 4.69) is 5.32 Å². The Hall–Kier alpha value is -2.53. The van der Waals surface area contributed by atoms with Gasteiger partial charge in [0, 0.05) is 25.2 Å². The van der Waals surface area contributed by atoms with Crippen LogP contribution in [-0.4, -0.2) is 29.9 Å². The van der Waals surface area contributed by atoms with Crippen molar-refractivity contribution in [2.45, 2.75) is 32.4 Å². The molecule has 0 atom stereocenters. The van der Waals surface area contributed by atoms with Gasteiger partial charge in [-0.3, -0.25) is 9.59 Å². The average Bonchev–Trinajstić information content (AvgIpc) is 3.45. The van der Waals surface area contributed by atoms with Crippen molar-refractivity contribution in [3.63, 3.8) is 0 Å². The van der Waals surface area contributed by atoms with Gasteiger partial charge in [-0.1, -0.05) is 23.7 Å². The van der Waals surface area contributed by atoms with E-state index in [1.54, 1.807) is 25.3 Å². The van der Waals surface area contributed by atoms with Gasteiger partial charge in [0.05, 0.1) is 17.7 Å².